The van der Waals surface area contributed by atoms with Gasteiger partial charge in [0.2, 0.25) is 0 Å². The van der Waals surface area contributed by atoms with Crippen molar-refractivity contribution in [2.75, 3.05) is 26.8 Å². The van der Waals surface area contributed by atoms with Crippen molar-refractivity contribution < 1.29 is 4.74 Å². The van der Waals surface area contributed by atoms with Gasteiger partial charge < -0.3 is 10.1 Å². The molecule has 2 aromatic rings. The molecular weight excluding hydrogens is 280 g/mol. The minimum Gasteiger partial charge on any atom is -0.383 e. The number of methoxy groups -OCH3 is 1. The summed E-state index contributed by atoms with van der Waals surface area (Å²) in [7, 11) is 1.74. The normalized spacial score (nSPS) is 12.5. The van der Waals surface area contributed by atoms with Gasteiger partial charge in [-0.15, -0.1) is 11.3 Å². The molecule has 0 fully saturated rings. The van der Waals surface area contributed by atoms with E-state index in [1.165, 1.54) is 16.0 Å². The van der Waals surface area contributed by atoms with Crippen molar-refractivity contribution in [3.05, 3.63) is 52.0 Å². The first-order valence-electron chi connectivity index (χ1n) is 7.40. The van der Waals surface area contributed by atoms with Gasteiger partial charge in [0.05, 0.1) is 12.1 Å². The number of aromatic nitrogens is 1. The van der Waals surface area contributed by atoms with E-state index in [0.29, 0.717) is 5.92 Å². The summed E-state index contributed by atoms with van der Waals surface area (Å²) in [6, 6.07) is 8.81. The third-order valence-corrected chi connectivity index (χ3v) is 4.30. The van der Waals surface area contributed by atoms with Gasteiger partial charge >= 0.3 is 0 Å². The van der Waals surface area contributed by atoms with E-state index in [2.05, 4.69) is 41.5 Å². The van der Waals surface area contributed by atoms with Crippen molar-refractivity contribution in [3.63, 3.8) is 0 Å². The Bertz CT molecular complexity index is 513. The molecule has 4 heteroatoms. The van der Waals surface area contributed by atoms with Crippen molar-refractivity contribution in [1.82, 2.24) is 10.3 Å². The second-order valence-electron chi connectivity index (χ2n) is 5.43. The third kappa shape index (κ3) is 5.96. The zero-order valence-electron chi connectivity index (χ0n) is 12.8. The van der Waals surface area contributed by atoms with Crippen molar-refractivity contribution in [3.8, 4) is 0 Å². The Labute approximate surface area is 131 Å². The molecule has 1 aromatic heterocycles. The summed E-state index contributed by atoms with van der Waals surface area (Å²) in [5, 5.41) is 3.49. The molecule has 1 N–H and O–H groups in total. The second kappa shape index (κ2) is 8.93. The molecule has 3 nitrogen and oxygen atoms in total. The number of benzene rings is 1. The van der Waals surface area contributed by atoms with Gasteiger partial charge in [-0.1, -0.05) is 29.8 Å². The van der Waals surface area contributed by atoms with Crippen LogP contribution in [-0.2, 0) is 17.6 Å². The Morgan fingerprint density at radius 3 is 2.95 bits per heavy atom. The van der Waals surface area contributed by atoms with E-state index in [9.17, 15) is 0 Å². The standard InChI is InChI=1S/C17H24N2OS/c1-14-4-3-5-15(8-14)9-16(11-18-6-7-20-2)10-17-12-19-13-21-17/h3-5,8,12-13,16,18H,6-7,9-11H2,1-2H3. The summed E-state index contributed by atoms with van der Waals surface area (Å²) >= 11 is 1.75. The van der Waals surface area contributed by atoms with Crippen molar-refractivity contribution >= 4 is 11.3 Å². The fraction of sp³-hybridized carbons (Fsp3) is 0.471. The molecule has 0 saturated carbocycles. The van der Waals surface area contributed by atoms with Gasteiger partial charge in [-0.2, -0.15) is 0 Å². The van der Waals surface area contributed by atoms with Crippen LogP contribution in [0.5, 0.6) is 0 Å². The predicted molar refractivity (Wildman–Crippen MR) is 88.9 cm³/mol. The number of nitrogens with zero attached hydrogens (tertiary/aromatic N) is 1. The van der Waals surface area contributed by atoms with Crippen LogP contribution in [0.1, 0.15) is 16.0 Å². The number of thiazole rings is 1. The van der Waals surface area contributed by atoms with Gasteiger partial charge in [-0.25, -0.2) is 0 Å². The molecular formula is C17H24N2OS. The molecule has 0 spiro atoms. The number of hydrogen-bond donors (Lipinski definition) is 1. The van der Waals surface area contributed by atoms with Gasteiger partial charge in [0.15, 0.2) is 0 Å². The zero-order chi connectivity index (χ0) is 14.9. The van der Waals surface area contributed by atoms with Crippen LogP contribution in [0.4, 0.5) is 0 Å². The topological polar surface area (TPSA) is 34.1 Å². The lowest BCUT2D eigenvalue weighted by Gasteiger charge is -2.17. The Morgan fingerprint density at radius 1 is 1.33 bits per heavy atom. The molecule has 2 rings (SSSR count). The molecule has 1 unspecified atom stereocenters. The highest BCUT2D eigenvalue weighted by Gasteiger charge is 2.12. The number of hydrogen-bond acceptors (Lipinski definition) is 4. The first kappa shape index (κ1) is 16.1. The largest absolute Gasteiger partial charge is 0.383 e. The van der Waals surface area contributed by atoms with Gasteiger partial charge in [-0.3, -0.25) is 4.98 Å². The van der Waals surface area contributed by atoms with Crippen LogP contribution in [0.25, 0.3) is 0 Å². The zero-order valence-corrected chi connectivity index (χ0v) is 13.7. The molecule has 0 saturated heterocycles. The highest BCUT2D eigenvalue weighted by atomic mass is 32.1. The maximum Gasteiger partial charge on any atom is 0.0794 e. The number of rotatable bonds is 9. The quantitative estimate of drug-likeness (QED) is 0.723. The molecule has 1 atom stereocenters. The third-order valence-electron chi connectivity index (χ3n) is 3.50. The van der Waals surface area contributed by atoms with E-state index < -0.39 is 0 Å². The van der Waals surface area contributed by atoms with Crippen molar-refractivity contribution in [2.45, 2.75) is 19.8 Å². The first-order chi connectivity index (χ1) is 10.3. The molecule has 0 aliphatic heterocycles. The molecule has 0 aliphatic carbocycles. The highest BCUT2D eigenvalue weighted by molar-refractivity contribution is 7.09. The maximum atomic E-state index is 5.09. The first-order valence-corrected chi connectivity index (χ1v) is 8.28. The molecule has 114 valence electrons. The Kier molecular flexibility index (Phi) is 6.86. The van der Waals surface area contributed by atoms with E-state index in [-0.39, 0.29) is 0 Å². The van der Waals surface area contributed by atoms with Crippen LogP contribution in [0.2, 0.25) is 0 Å². The Hall–Kier alpha value is -1.23. The Morgan fingerprint density at radius 2 is 2.24 bits per heavy atom. The highest BCUT2D eigenvalue weighted by Crippen LogP contribution is 2.17. The molecule has 21 heavy (non-hydrogen) atoms. The molecule has 0 bridgehead atoms. The van der Waals surface area contributed by atoms with Crippen LogP contribution in [0.15, 0.2) is 36.0 Å². The van der Waals surface area contributed by atoms with E-state index in [1.54, 1.807) is 18.4 Å². The molecule has 1 heterocycles. The summed E-state index contributed by atoms with van der Waals surface area (Å²) in [6.07, 6.45) is 4.17. The smallest absolute Gasteiger partial charge is 0.0794 e. The average molecular weight is 304 g/mol. The van der Waals surface area contributed by atoms with E-state index in [0.717, 1.165) is 32.5 Å². The molecule has 0 amide bonds. The summed E-state index contributed by atoms with van der Waals surface area (Å²) < 4.78 is 5.09. The Balaban J connectivity index is 1.93. The monoisotopic (exact) mass is 304 g/mol. The van der Waals surface area contributed by atoms with Crippen LogP contribution >= 0.6 is 11.3 Å². The lowest BCUT2D eigenvalue weighted by molar-refractivity contribution is 0.197. The fourth-order valence-corrected chi connectivity index (χ4v) is 3.21. The fourth-order valence-electron chi connectivity index (χ4n) is 2.50. The van der Waals surface area contributed by atoms with Gasteiger partial charge in [-0.05, 0) is 37.8 Å². The van der Waals surface area contributed by atoms with E-state index in [4.69, 9.17) is 4.74 Å². The van der Waals surface area contributed by atoms with Gasteiger partial charge in [0, 0.05) is 24.7 Å². The van der Waals surface area contributed by atoms with Gasteiger partial charge in [0.1, 0.15) is 0 Å². The van der Waals surface area contributed by atoms with Crippen LogP contribution in [0, 0.1) is 12.8 Å². The van der Waals surface area contributed by atoms with Gasteiger partial charge in [0.25, 0.3) is 0 Å². The summed E-state index contributed by atoms with van der Waals surface area (Å²) in [4.78, 5) is 5.55. The number of nitrogens with one attached hydrogen (secondary N) is 1. The van der Waals surface area contributed by atoms with Crippen LogP contribution < -0.4 is 5.32 Å². The lowest BCUT2D eigenvalue weighted by atomic mass is 9.94. The second-order valence-corrected chi connectivity index (χ2v) is 6.40. The van der Waals surface area contributed by atoms with E-state index in [1.807, 2.05) is 11.7 Å². The number of ether oxygens (including phenoxy) is 1. The van der Waals surface area contributed by atoms with Crippen LogP contribution in [0.3, 0.4) is 0 Å². The van der Waals surface area contributed by atoms with Crippen LogP contribution in [-0.4, -0.2) is 31.8 Å². The predicted octanol–water partition coefficient (Wildman–Crippen LogP) is 3.09. The summed E-state index contributed by atoms with van der Waals surface area (Å²) in [5.74, 6) is 0.587. The van der Waals surface area contributed by atoms with Crippen molar-refractivity contribution in [1.29, 1.82) is 0 Å². The molecule has 0 radical (unpaired) electrons. The SMILES string of the molecule is COCCNCC(Cc1cccc(C)c1)Cc1cncs1. The summed E-state index contributed by atoms with van der Waals surface area (Å²) in [6.45, 7) is 4.83. The summed E-state index contributed by atoms with van der Waals surface area (Å²) in [5.41, 5.74) is 4.66. The van der Waals surface area contributed by atoms with Crippen molar-refractivity contribution in [2.24, 2.45) is 5.92 Å². The molecule has 1 aromatic carbocycles. The average Bonchev–Trinajstić information content (AvgIpc) is 2.96. The molecule has 0 aliphatic rings. The minimum atomic E-state index is 0.587. The minimum absolute atomic E-state index is 0.587. The lowest BCUT2D eigenvalue weighted by Crippen LogP contribution is -2.28. The number of aryl methyl sites for hydroxylation is 1. The van der Waals surface area contributed by atoms with E-state index >= 15 is 0 Å². The maximum absolute atomic E-state index is 5.09.